The zero-order valence-electron chi connectivity index (χ0n) is 10.6. The van der Waals surface area contributed by atoms with Crippen molar-refractivity contribution in [3.8, 4) is 0 Å². The Morgan fingerprint density at radius 2 is 2.24 bits per heavy atom. The Kier molecular flexibility index (Phi) is 3.94. The number of aromatic nitrogens is 2. The maximum atomic E-state index is 11.7. The standard InChI is InChI=1S/C13H21N3O/c1-10-7-15-13(17)16(8-10)9-12(14-2)11-5-3-4-6-11/h7-8,11-12,14H,3-6,9H2,1-2H3. The molecule has 0 bridgehead atoms. The Hall–Kier alpha value is -1.16. The molecule has 0 spiro atoms. The summed E-state index contributed by atoms with van der Waals surface area (Å²) in [6.45, 7) is 2.70. The summed E-state index contributed by atoms with van der Waals surface area (Å²) in [6, 6.07) is 0.388. The molecule has 4 nitrogen and oxygen atoms in total. The third-order valence-corrected chi connectivity index (χ3v) is 3.72. The van der Waals surface area contributed by atoms with Crippen molar-refractivity contribution in [3.05, 3.63) is 28.4 Å². The van der Waals surface area contributed by atoms with E-state index >= 15 is 0 Å². The summed E-state index contributed by atoms with van der Waals surface area (Å²) in [4.78, 5) is 15.5. The second-order valence-electron chi connectivity index (χ2n) is 5.01. The molecule has 0 radical (unpaired) electrons. The molecular formula is C13H21N3O. The van der Waals surface area contributed by atoms with Crippen LogP contribution in [-0.4, -0.2) is 22.6 Å². The molecule has 1 heterocycles. The molecule has 1 aliphatic carbocycles. The molecule has 94 valence electrons. The fourth-order valence-electron chi connectivity index (χ4n) is 2.74. The van der Waals surface area contributed by atoms with Gasteiger partial charge in [0.2, 0.25) is 0 Å². The highest BCUT2D eigenvalue weighted by molar-refractivity contribution is 5.00. The summed E-state index contributed by atoms with van der Waals surface area (Å²) in [6.07, 6.45) is 8.73. The summed E-state index contributed by atoms with van der Waals surface area (Å²) in [7, 11) is 1.98. The molecule has 1 unspecified atom stereocenters. The summed E-state index contributed by atoms with van der Waals surface area (Å²) < 4.78 is 1.73. The van der Waals surface area contributed by atoms with E-state index < -0.39 is 0 Å². The van der Waals surface area contributed by atoms with Crippen molar-refractivity contribution in [1.29, 1.82) is 0 Å². The van der Waals surface area contributed by atoms with Gasteiger partial charge >= 0.3 is 5.69 Å². The number of hydrogen-bond donors (Lipinski definition) is 1. The van der Waals surface area contributed by atoms with Crippen LogP contribution in [0, 0.1) is 12.8 Å². The van der Waals surface area contributed by atoms with Crippen molar-refractivity contribution in [3.63, 3.8) is 0 Å². The molecule has 1 fully saturated rings. The van der Waals surface area contributed by atoms with E-state index in [9.17, 15) is 4.79 Å². The van der Waals surface area contributed by atoms with Crippen LogP contribution in [-0.2, 0) is 6.54 Å². The van der Waals surface area contributed by atoms with Gasteiger partial charge in [-0.3, -0.25) is 4.57 Å². The maximum absolute atomic E-state index is 11.7. The third kappa shape index (κ3) is 2.94. The summed E-state index contributed by atoms with van der Waals surface area (Å²) in [5.41, 5.74) is 0.889. The van der Waals surface area contributed by atoms with Gasteiger partial charge in [-0.15, -0.1) is 0 Å². The smallest absolute Gasteiger partial charge is 0.315 e. The van der Waals surface area contributed by atoms with E-state index in [0.29, 0.717) is 12.0 Å². The lowest BCUT2D eigenvalue weighted by Crippen LogP contribution is -2.39. The van der Waals surface area contributed by atoms with E-state index in [-0.39, 0.29) is 5.69 Å². The van der Waals surface area contributed by atoms with Crippen molar-refractivity contribution in [2.45, 2.75) is 45.2 Å². The molecule has 2 rings (SSSR count). The molecule has 0 aliphatic heterocycles. The first kappa shape index (κ1) is 12.3. The Bertz CT molecular complexity index is 421. The van der Waals surface area contributed by atoms with Crippen molar-refractivity contribution in [2.24, 2.45) is 5.92 Å². The Morgan fingerprint density at radius 3 is 2.88 bits per heavy atom. The predicted octanol–water partition coefficient (Wildman–Crippen LogP) is 1.33. The zero-order valence-corrected chi connectivity index (χ0v) is 10.6. The molecule has 1 atom stereocenters. The van der Waals surface area contributed by atoms with Crippen molar-refractivity contribution in [1.82, 2.24) is 14.9 Å². The zero-order chi connectivity index (χ0) is 12.3. The minimum Gasteiger partial charge on any atom is -0.315 e. The van der Waals surface area contributed by atoms with Gasteiger partial charge < -0.3 is 5.32 Å². The first-order chi connectivity index (χ1) is 8.20. The van der Waals surface area contributed by atoms with E-state index in [0.717, 1.165) is 12.1 Å². The van der Waals surface area contributed by atoms with Crippen molar-refractivity contribution >= 4 is 0 Å². The topological polar surface area (TPSA) is 46.9 Å². The fraction of sp³-hybridized carbons (Fsp3) is 0.692. The number of rotatable bonds is 4. The predicted molar refractivity (Wildman–Crippen MR) is 68.0 cm³/mol. The largest absolute Gasteiger partial charge is 0.347 e. The molecule has 0 aromatic carbocycles. The summed E-state index contributed by atoms with van der Waals surface area (Å²) >= 11 is 0. The highest BCUT2D eigenvalue weighted by atomic mass is 16.1. The summed E-state index contributed by atoms with van der Waals surface area (Å²) in [5.74, 6) is 0.701. The number of likely N-dealkylation sites (N-methyl/N-ethyl adjacent to an activating group) is 1. The van der Waals surface area contributed by atoms with E-state index in [2.05, 4.69) is 10.3 Å². The third-order valence-electron chi connectivity index (χ3n) is 3.72. The van der Waals surface area contributed by atoms with Gasteiger partial charge in [-0.25, -0.2) is 9.78 Å². The number of hydrogen-bond acceptors (Lipinski definition) is 3. The average Bonchev–Trinajstić information content (AvgIpc) is 2.84. The van der Waals surface area contributed by atoms with Crippen LogP contribution in [0.5, 0.6) is 0 Å². The quantitative estimate of drug-likeness (QED) is 0.856. The molecule has 1 aromatic heterocycles. The molecule has 0 saturated heterocycles. The second-order valence-corrected chi connectivity index (χ2v) is 5.01. The van der Waals surface area contributed by atoms with Crippen LogP contribution in [0.3, 0.4) is 0 Å². The number of nitrogens with zero attached hydrogens (tertiary/aromatic N) is 2. The lowest BCUT2D eigenvalue weighted by molar-refractivity contribution is 0.335. The average molecular weight is 235 g/mol. The SMILES string of the molecule is CNC(Cn1cc(C)cnc1=O)C1CCCC1. The minimum atomic E-state index is -0.145. The monoisotopic (exact) mass is 235 g/mol. The van der Waals surface area contributed by atoms with Gasteiger partial charge in [0.25, 0.3) is 0 Å². The Labute approximate surface area is 102 Å². The molecule has 1 aliphatic rings. The van der Waals surface area contributed by atoms with Crippen LogP contribution in [0.1, 0.15) is 31.2 Å². The van der Waals surface area contributed by atoms with Crippen LogP contribution in [0.4, 0.5) is 0 Å². The number of aryl methyl sites for hydroxylation is 1. The van der Waals surface area contributed by atoms with Gasteiger partial charge in [0.15, 0.2) is 0 Å². The normalized spacial score (nSPS) is 18.5. The first-order valence-electron chi connectivity index (χ1n) is 6.41. The van der Waals surface area contributed by atoms with Crippen LogP contribution in [0.25, 0.3) is 0 Å². The van der Waals surface area contributed by atoms with Crippen LogP contribution in [0.15, 0.2) is 17.2 Å². The second kappa shape index (κ2) is 5.45. The van der Waals surface area contributed by atoms with Gasteiger partial charge in [-0.05, 0) is 38.3 Å². The number of nitrogens with one attached hydrogen (secondary N) is 1. The molecular weight excluding hydrogens is 214 g/mol. The lowest BCUT2D eigenvalue weighted by atomic mass is 9.98. The molecule has 0 amide bonds. The maximum Gasteiger partial charge on any atom is 0.347 e. The lowest BCUT2D eigenvalue weighted by Gasteiger charge is -2.23. The highest BCUT2D eigenvalue weighted by Crippen LogP contribution is 2.28. The van der Waals surface area contributed by atoms with Crippen LogP contribution < -0.4 is 11.0 Å². The minimum absolute atomic E-state index is 0.145. The van der Waals surface area contributed by atoms with Crippen LogP contribution >= 0.6 is 0 Å². The van der Waals surface area contributed by atoms with Gasteiger partial charge in [0, 0.05) is 25.0 Å². The van der Waals surface area contributed by atoms with E-state index in [4.69, 9.17) is 0 Å². The Balaban J connectivity index is 2.11. The van der Waals surface area contributed by atoms with Gasteiger partial charge in [-0.2, -0.15) is 0 Å². The molecule has 1 N–H and O–H groups in total. The van der Waals surface area contributed by atoms with E-state index in [1.54, 1.807) is 10.8 Å². The van der Waals surface area contributed by atoms with E-state index in [1.165, 1.54) is 25.7 Å². The molecule has 4 heteroatoms. The van der Waals surface area contributed by atoms with E-state index in [1.807, 2.05) is 20.2 Å². The van der Waals surface area contributed by atoms with Crippen molar-refractivity contribution < 1.29 is 0 Å². The summed E-state index contributed by atoms with van der Waals surface area (Å²) in [5, 5.41) is 3.35. The molecule has 1 saturated carbocycles. The molecule has 17 heavy (non-hydrogen) atoms. The van der Waals surface area contributed by atoms with Gasteiger partial charge in [0.1, 0.15) is 0 Å². The van der Waals surface area contributed by atoms with Crippen LogP contribution in [0.2, 0.25) is 0 Å². The fourth-order valence-corrected chi connectivity index (χ4v) is 2.74. The van der Waals surface area contributed by atoms with Gasteiger partial charge in [0.05, 0.1) is 0 Å². The van der Waals surface area contributed by atoms with Crippen molar-refractivity contribution in [2.75, 3.05) is 7.05 Å². The Morgan fingerprint density at radius 1 is 1.53 bits per heavy atom. The highest BCUT2D eigenvalue weighted by Gasteiger charge is 2.24. The van der Waals surface area contributed by atoms with Gasteiger partial charge in [-0.1, -0.05) is 12.8 Å². The first-order valence-corrected chi connectivity index (χ1v) is 6.41. The molecule has 1 aromatic rings.